The summed E-state index contributed by atoms with van der Waals surface area (Å²) in [4.78, 5) is 6.56. The van der Waals surface area contributed by atoms with Gasteiger partial charge >= 0.3 is 0 Å². The van der Waals surface area contributed by atoms with Crippen LogP contribution in [-0.4, -0.2) is 49.3 Å². The van der Waals surface area contributed by atoms with Gasteiger partial charge in [-0.15, -0.1) is 0 Å². The molecule has 0 saturated carbocycles. The predicted octanol–water partition coefficient (Wildman–Crippen LogP) is 2.22. The Morgan fingerprint density at radius 3 is 2.71 bits per heavy atom. The second kappa shape index (κ2) is 7.42. The van der Waals surface area contributed by atoms with Crippen LogP contribution < -0.4 is 0 Å². The molecule has 0 aliphatic carbocycles. The van der Waals surface area contributed by atoms with E-state index in [4.69, 9.17) is 0 Å². The number of rotatable bonds is 6. The lowest BCUT2D eigenvalue weighted by Crippen LogP contribution is -2.33. The van der Waals surface area contributed by atoms with Crippen LogP contribution in [0.2, 0.25) is 0 Å². The highest BCUT2D eigenvalue weighted by molar-refractivity contribution is 7.89. The van der Waals surface area contributed by atoms with E-state index in [1.165, 1.54) is 16.1 Å². The highest BCUT2D eigenvalue weighted by Crippen LogP contribution is 2.22. The molecule has 24 heavy (non-hydrogen) atoms. The summed E-state index contributed by atoms with van der Waals surface area (Å²) in [7, 11) is -1.80. The minimum absolute atomic E-state index is 0.256. The standard InChI is InChI=1S/C18H23N3O2S/c1-20(24(22,23)18-8-5-10-19-12-18)13-17-9-11-21(15-17)14-16-6-3-2-4-7-16/h2-8,10,12,17H,9,11,13-15H2,1H3/t17-/m1/s1. The van der Waals surface area contributed by atoms with Gasteiger partial charge in [0.15, 0.2) is 0 Å². The summed E-state index contributed by atoms with van der Waals surface area (Å²) in [5.41, 5.74) is 1.30. The molecule has 1 fully saturated rings. The molecule has 0 bridgehead atoms. The average Bonchev–Trinajstić information content (AvgIpc) is 3.03. The Hall–Kier alpha value is -1.76. The first-order valence-corrected chi connectivity index (χ1v) is 9.62. The molecule has 0 amide bonds. The van der Waals surface area contributed by atoms with Crippen molar-refractivity contribution in [3.8, 4) is 0 Å². The number of nitrogens with zero attached hydrogens (tertiary/aromatic N) is 3. The third-order valence-electron chi connectivity index (χ3n) is 4.48. The number of pyridine rings is 1. The second-order valence-electron chi connectivity index (χ2n) is 6.35. The van der Waals surface area contributed by atoms with Crippen LogP contribution in [-0.2, 0) is 16.6 Å². The maximum absolute atomic E-state index is 12.6. The molecule has 0 radical (unpaired) electrons. The van der Waals surface area contributed by atoms with Crippen molar-refractivity contribution in [1.29, 1.82) is 0 Å². The third kappa shape index (κ3) is 4.01. The van der Waals surface area contributed by atoms with Crippen molar-refractivity contribution < 1.29 is 8.42 Å². The van der Waals surface area contributed by atoms with Crippen LogP contribution in [0.4, 0.5) is 0 Å². The van der Waals surface area contributed by atoms with Crippen molar-refractivity contribution in [3.05, 3.63) is 60.4 Å². The van der Waals surface area contributed by atoms with E-state index in [1.54, 1.807) is 25.4 Å². The summed E-state index contributed by atoms with van der Waals surface area (Å²) in [6.07, 6.45) is 4.01. The van der Waals surface area contributed by atoms with Gasteiger partial charge in [0.25, 0.3) is 0 Å². The SMILES string of the molecule is CN(C[C@H]1CCN(Cc2ccccc2)C1)S(=O)(=O)c1cccnc1. The first-order chi connectivity index (χ1) is 11.6. The van der Waals surface area contributed by atoms with Crippen LogP contribution in [0, 0.1) is 5.92 Å². The van der Waals surface area contributed by atoms with Crippen molar-refractivity contribution in [2.24, 2.45) is 5.92 Å². The molecule has 2 heterocycles. The van der Waals surface area contributed by atoms with Gasteiger partial charge in [-0.25, -0.2) is 12.7 Å². The van der Waals surface area contributed by atoms with E-state index in [2.05, 4.69) is 34.1 Å². The number of benzene rings is 1. The second-order valence-corrected chi connectivity index (χ2v) is 8.39. The van der Waals surface area contributed by atoms with E-state index in [9.17, 15) is 8.42 Å². The van der Waals surface area contributed by atoms with Crippen molar-refractivity contribution >= 4 is 10.0 Å². The zero-order chi connectivity index (χ0) is 17.0. The first kappa shape index (κ1) is 17.1. The normalized spacial score (nSPS) is 19.0. The number of sulfonamides is 1. The molecule has 1 atom stereocenters. The number of hydrogen-bond donors (Lipinski definition) is 0. The highest BCUT2D eigenvalue weighted by atomic mass is 32.2. The molecule has 5 nitrogen and oxygen atoms in total. The van der Waals surface area contributed by atoms with Crippen LogP contribution >= 0.6 is 0 Å². The highest BCUT2D eigenvalue weighted by Gasteiger charge is 2.28. The van der Waals surface area contributed by atoms with E-state index in [1.807, 2.05) is 6.07 Å². The molecule has 0 unspecified atom stereocenters. The minimum Gasteiger partial charge on any atom is -0.299 e. The fourth-order valence-corrected chi connectivity index (χ4v) is 4.40. The molecule has 0 N–H and O–H groups in total. The van der Waals surface area contributed by atoms with E-state index >= 15 is 0 Å². The molecule has 1 aliphatic rings. The fourth-order valence-electron chi connectivity index (χ4n) is 3.19. The summed E-state index contributed by atoms with van der Waals surface area (Å²) in [5, 5.41) is 0. The van der Waals surface area contributed by atoms with Gasteiger partial charge in [-0.05, 0) is 36.6 Å². The topological polar surface area (TPSA) is 53.5 Å². The van der Waals surface area contributed by atoms with Gasteiger partial charge in [-0.1, -0.05) is 30.3 Å². The van der Waals surface area contributed by atoms with Gasteiger partial charge in [-0.3, -0.25) is 9.88 Å². The molecule has 6 heteroatoms. The molecule has 0 spiro atoms. The van der Waals surface area contributed by atoms with Gasteiger partial charge < -0.3 is 0 Å². The molecule has 2 aromatic rings. The molecular weight excluding hydrogens is 322 g/mol. The molecule has 1 saturated heterocycles. The number of aromatic nitrogens is 1. The van der Waals surface area contributed by atoms with Gasteiger partial charge in [-0.2, -0.15) is 0 Å². The van der Waals surface area contributed by atoms with Crippen LogP contribution in [0.15, 0.2) is 59.8 Å². The Morgan fingerprint density at radius 1 is 1.21 bits per heavy atom. The maximum atomic E-state index is 12.6. The summed E-state index contributed by atoms with van der Waals surface area (Å²) < 4.78 is 26.6. The predicted molar refractivity (Wildman–Crippen MR) is 93.9 cm³/mol. The van der Waals surface area contributed by atoms with Crippen molar-refractivity contribution in [2.75, 3.05) is 26.7 Å². The van der Waals surface area contributed by atoms with Crippen LogP contribution in [0.3, 0.4) is 0 Å². The Kier molecular flexibility index (Phi) is 5.28. The Morgan fingerprint density at radius 2 is 2.00 bits per heavy atom. The van der Waals surface area contributed by atoms with E-state index in [0.717, 1.165) is 26.1 Å². The van der Waals surface area contributed by atoms with Gasteiger partial charge in [0.2, 0.25) is 10.0 Å². The number of hydrogen-bond acceptors (Lipinski definition) is 4. The smallest absolute Gasteiger partial charge is 0.244 e. The lowest BCUT2D eigenvalue weighted by molar-refractivity contribution is 0.304. The molecule has 1 aromatic heterocycles. The van der Waals surface area contributed by atoms with E-state index in [0.29, 0.717) is 12.5 Å². The average molecular weight is 345 g/mol. The van der Waals surface area contributed by atoms with E-state index < -0.39 is 10.0 Å². The zero-order valence-corrected chi connectivity index (χ0v) is 14.7. The minimum atomic E-state index is -3.45. The first-order valence-electron chi connectivity index (χ1n) is 8.18. The summed E-state index contributed by atoms with van der Waals surface area (Å²) in [6, 6.07) is 13.6. The largest absolute Gasteiger partial charge is 0.299 e. The Bertz CT molecular complexity index is 750. The van der Waals surface area contributed by atoms with Crippen molar-refractivity contribution in [3.63, 3.8) is 0 Å². The molecule has 3 rings (SSSR count). The third-order valence-corrected chi connectivity index (χ3v) is 6.28. The molecule has 1 aromatic carbocycles. The lowest BCUT2D eigenvalue weighted by Gasteiger charge is -2.21. The summed E-state index contributed by atoms with van der Waals surface area (Å²) >= 11 is 0. The zero-order valence-electron chi connectivity index (χ0n) is 13.9. The van der Waals surface area contributed by atoms with Crippen molar-refractivity contribution in [2.45, 2.75) is 17.9 Å². The van der Waals surface area contributed by atoms with Gasteiger partial charge in [0, 0.05) is 39.1 Å². The fraction of sp³-hybridized carbons (Fsp3) is 0.389. The maximum Gasteiger partial charge on any atom is 0.244 e. The lowest BCUT2D eigenvalue weighted by atomic mass is 10.1. The summed E-state index contributed by atoms with van der Waals surface area (Å²) in [5.74, 6) is 0.366. The van der Waals surface area contributed by atoms with Crippen LogP contribution in [0.5, 0.6) is 0 Å². The molecule has 128 valence electrons. The van der Waals surface area contributed by atoms with Gasteiger partial charge in [0.1, 0.15) is 4.90 Å². The van der Waals surface area contributed by atoms with E-state index in [-0.39, 0.29) is 4.90 Å². The quantitative estimate of drug-likeness (QED) is 0.806. The Balaban J connectivity index is 1.57. The summed E-state index contributed by atoms with van der Waals surface area (Å²) in [6.45, 7) is 3.42. The number of likely N-dealkylation sites (tertiary alicyclic amines) is 1. The van der Waals surface area contributed by atoms with Crippen molar-refractivity contribution in [1.82, 2.24) is 14.2 Å². The Labute approximate surface area is 144 Å². The monoisotopic (exact) mass is 345 g/mol. The van der Waals surface area contributed by atoms with Crippen LogP contribution in [0.25, 0.3) is 0 Å². The van der Waals surface area contributed by atoms with Gasteiger partial charge in [0.05, 0.1) is 0 Å². The van der Waals surface area contributed by atoms with Crippen LogP contribution in [0.1, 0.15) is 12.0 Å². The molecular formula is C18H23N3O2S. The molecule has 1 aliphatic heterocycles.